The molecule has 0 amide bonds. The molecule has 2 aromatic carbocycles. The number of anilines is 2. The van der Waals surface area contributed by atoms with Gasteiger partial charge < -0.3 is 11.5 Å². The van der Waals surface area contributed by atoms with Crippen molar-refractivity contribution in [2.75, 3.05) is 11.5 Å². The highest BCUT2D eigenvalue weighted by molar-refractivity contribution is 6.06. The maximum absolute atomic E-state index is 11.8. The molecule has 2 rings (SSSR count). The van der Waals surface area contributed by atoms with Gasteiger partial charge in [-0.25, -0.2) is 0 Å². The summed E-state index contributed by atoms with van der Waals surface area (Å²) in [4.78, 5) is 11.8. The fraction of sp³-hybridized carbons (Fsp3) is 0. The van der Waals surface area contributed by atoms with Crippen molar-refractivity contribution in [1.29, 1.82) is 0 Å². The van der Waals surface area contributed by atoms with Crippen LogP contribution in [0.3, 0.4) is 0 Å². The highest BCUT2D eigenvalue weighted by Gasteiger charge is 2.00. The lowest BCUT2D eigenvalue weighted by molar-refractivity contribution is 0.104. The van der Waals surface area contributed by atoms with E-state index in [2.05, 4.69) is 0 Å². The van der Waals surface area contributed by atoms with E-state index in [0.29, 0.717) is 16.9 Å². The summed E-state index contributed by atoms with van der Waals surface area (Å²) in [5.74, 6) is -0.0448. The number of nitrogens with two attached hydrogens (primary N) is 2. The molecule has 0 fully saturated rings. The maximum atomic E-state index is 11.8. The van der Waals surface area contributed by atoms with Crippen molar-refractivity contribution in [1.82, 2.24) is 0 Å². The highest BCUT2D eigenvalue weighted by Crippen LogP contribution is 2.15. The van der Waals surface area contributed by atoms with E-state index in [0.717, 1.165) is 5.56 Å². The van der Waals surface area contributed by atoms with Crippen LogP contribution in [0, 0.1) is 0 Å². The van der Waals surface area contributed by atoms with Gasteiger partial charge in [-0.3, -0.25) is 4.79 Å². The smallest absolute Gasteiger partial charge is 0.185 e. The average molecular weight is 238 g/mol. The minimum absolute atomic E-state index is 0.0448. The molecule has 0 aliphatic heterocycles. The molecule has 2 aromatic rings. The standard InChI is InChI=1S/C15H14N2O/c16-13-8-11(9-14(17)10-13)6-7-15(18)12-4-2-1-3-5-12/h1-10H,16-17H2. The molecule has 0 saturated heterocycles. The van der Waals surface area contributed by atoms with E-state index in [4.69, 9.17) is 11.5 Å². The number of carbonyl (C=O) groups is 1. The van der Waals surface area contributed by atoms with Gasteiger partial charge in [0.05, 0.1) is 0 Å². The number of ketones is 1. The average Bonchev–Trinajstić information content (AvgIpc) is 2.36. The molecule has 0 aliphatic carbocycles. The largest absolute Gasteiger partial charge is 0.399 e. The lowest BCUT2D eigenvalue weighted by Crippen LogP contribution is -1.94. The molecule has 18 heavy (non-hydrogen) atoms. The minimum atomic E-state index is -0.0448. The van der Waals surface area contributed by atoms with Crippen LogP contribution in [0.4, 0.5) is 11.4 Å². The zero-order valence-corrected chi connectivity index (χ0v) is 9.84. The van der Waals surface area contributed by atoms with Gasteiger partial charge in [0.1, 0.15) is 0 Å². The summed E-state index contributed by atoms with van der Waals surface area (Å²) in [6.07, 6.45) is 3.23. The van der Waals surface area contributed by atoms with Crippen LogP contribution in [0.5, 0.6) is 0 Å². The predicted molar refractivity (Wildman–Crippen MR) is 75.1 cm³/mol. The number of carbonyl (C=O) groups excluding carboxylic acids is 1. The number of rotatable bonds is 3. The van der Waals surface area contributed by atoms with Gasteiger partial charge in [0, 0.05) is 16.9 Å². The van der Waals surface area contributed by atoms with Gasteiger partial charge in [-0.1, -0.05) is 36.4 Å². The molecular formula is C15H14N2O. The van der Waals surface area contributed by atoms with Gasteiger partial charge in [-0.05, 0) is 29.8 Å². The van der Waals surface area contributed by atoms with Crippen LogP contribution in [0.25, 0.3) is 6.08 Å². The van der Waals surface area contributed by atoms with Gasteiger partial charge in [0.25, 0.3) is 0 Å². The van der Waals surface area contributed by atoms with Crippen molar-refractivity contribution in [3.05, 3.63) is 65.7 Å². The van der Waals surface area contributed by atoms with E-state index in [1.165, 1.54) is 6.08 Å². The van der Waals surface area contributed by atoms with Crippen molar-refractivity contribution in [2.45, 2.75) is 0 Å². The van der Waals surface area contributed by atoms with Gasteiger partial charge >= 0.3 is 0 Å². The van der Waals surface area contributed by atoms with Crippen LogP contribution >= 0.6 is 0 Å². The molecular weight excluding hydrogens is 224 g/mol. The second kappa shape index (κ2) is 5.19. The van der Waals surface area contributed by atoms with E-state index in [-0.39, 0.29) is 5.78 Å². The van der Waals surface area contributed by atoms with Gasteiger partial charge in [0.15, 0.2) is 5.78 Å². The van der Waals surface area contributed by atoms with Crippen molar-refractivity contribution < 1.29 is 4.79 Å². The topological polar surface area (TPSA) is 69.1 Å². The highest BCUT2D eigenvalue weighted by atomic mass is 16.1. The third kappa shape index (κ3) is 2.98. The van der Waals surface area contributed by atoms with E-state index in [1.54, 1.807) is 36.4 Å². The Bertz CT molecular complexity index is 568. The second-order valence-corrected chi connectivity index (χ2v) is 4.00. The fourth-order valence-electron chi connectivity index (χ4n) is 1.67. The van der Waals surface area contributed by atoms with Crippen LogP contribution < -0.4 is 11.5 Å². The van der Waals surface area contributed by atoms with Gasteiger partial charge in [-0.2, -0.15) is 0 Å². The molecule has 0 spiro atoms. The van der Waals surface area contributed by atoms with E-state index < -0.39 is 0 Å². The van der Waals surface area contributed by atoms with Crippen LogP contribution in [-0.2, 0) is 0 Å². The van der Waals surface area contributed by atoms with E-state index >= 15 is 0 Å². The maximum Gasteiger partial charge on any atom is 0.185 e. The van der Waals surface area contributed by atoms with Gasteiger partial charge in [0.2, 0.25) is 0 Å². The molecule has 0 unspecified atom stereocenters. The minimum Gasteiger partial charge on any atom is -0.399 e. The number of hydrogen-bond donors (Lipinski definition) is 2. The number of nitrogen functional groups attached to an aromatic ring is 2. The molecule has 0 saturated carbocycles. The first kappa shape index (κ1) is 11.9. The molecule has 0 bridgehead atoms. The SMILES string of the molecule is Nc1cc(N)cc(C=CC(=O)c2ccccc2)c1. The Morgan fingerprint density at radius 3 is 2.17 bits per heavy atom. The summed E-state index contributed by atoms with van der Waals surface area (Å²) in [5, 5.41) is 0. The Morgan fingerprint density at radius 2 is 1.56 bits per heavy atom. The number of benzene rings is 2. The first-order valence-electron chi connectivity index (χ1n) is 5.58. The molecule has 0 atom stereocenters. The molecule has 3 heteroatoms. The summed E-state index contributed by atoms with van der Waals surface area (Å²) in [5.41, 5.74) is 14.0. The zero-order valence-electron chi connectivity index (χ0n) is 9.84. The molecule has 0 aromatic heterocycles. The third-order valence-corrected chi connectivity index (χ3v) is 2.49. The first-order chi connectivity index (χ1) is 8.65. The summed E-state index contributed by atoms with van der Waals surface area (Å²) in [7, 11) is 0. The first-order valence-corrected chi connectivity index (χ1v) is 5.58. The molecule has 0 radical (unpaired) electrons. The Morgan fingerprint density at radius 1 is 0.944 bits per heavy atom. The van der Waals surface area contributed by atoms with Gasteiger partial charge in [-0.15, -0.1) is 0 Å². The third-order valence-electron chi connectivity index (χ3n) is 2.49. The lowest BCUT2D eigenvalue weighted by atomic mass is 10.1. The molecule has 4 N–H and O–H groups in total. The molecule has 90 valence electrons. The summed E-state index contributed by atoms with van der Waals surface area (Å²) < 4.78 is 0. The monoisotopic (exact) mass is 238 g/mol. The van der Waals surface area contributed by atoms with Crippen LogP contribution in [0.15, 0.2) is 54.6 Å². The number of hydrogen-bond acceptors (Lipinski definition) is 3. The van der Waals surface area contributed by atoms with Crippen LogP contribution in [0.1, 0.15) is 15.9 Å². The van der Waals surface area contributed by atoms with Crippen molar-refractivity contribution in [3.63, 3.8) is 0 Å². The Labute approximate surface area is 106 Å². The molecule has 3 nitrogen and oxygen atoms in total. The Balaban J connectivity index is 2.18. The van der Waals surface area contributed by atoms with Crippen LogP contribution in [0.2, 0.25) is 0 Å². The summed E-state index contributed by atoms with van der Waals surface area (Å²) in [6.45, 7) is 0. The van der Waals surface area contributed by atoms with E-state index in [9.17, 15) is 4.79 Å². The van der Waals surface area contributed by atoms with Crippen LogP contribution in [-0.4, -0.2) is 5.78 Å². The Kier molecular flexibility index (Phi) is 3.44. The summed E-state index contributed by atoms with van der Waals surface area (Å²) in [6, 6.07) is 14.3. The quantitative estimate of drug-likeness (QED) is 0.490. The Hall–Kier alpha value is -2.55. The summed E-state index contributed by atoms with van der Waals surface area (Å²) >= 11 is 0. The molecule has 0 aliphatic rings. The van der Waals surface area contributed by atoms with E-state index in [1.807, 2.05) is 18.2 Å². The number of allylic oxidation sites excluding steroid dienone is 1. The predicted octanol–water partition coefficient (Wildman–Crippen LogP) is 2.75. The second-order valence-electron chi connectivity index (χ2n) is 4.00. The zero-order chi connectivity index (χ0) is 13.0. The van der Waals surface area contributed by atoms with Crippen molar-refractivity contribution in [2.24, 2.45) is 0 Å². The lowest BCUT2D eigenvalue weighted by Gasteiger charge is -1.99. The molecule has 0 heterocycles. The fourth-order valence-corrected chi connectivity index (χ4v) is 1.67. The normalized spacial score (nSPS) is 10.7. The van der Waals surface area contributed by atoms with Crippen molar-refractivity contribution >= 4 is 23.2 Å². The van der Waals surface area contributed by atoms with Crippen molar-refractivity contribution in [3.8, 4) is 0 Å².